The molecule has 0 atom stereocenters. The fraction of sp³-hybridized carbons (Fsp3) is 0.818. The first kappa shape index (κ1) is 10.1. The van der Waals surface area contributed by atoms with Crippen LogP contribution in [0.5, 0.6) is 0 Å². The van der Waals surface area contributed by atoms with Crippen LogP contribution in [0.25, 0.3) is 0 Å². The average molecular weight is 210 g/mol. The van der Waals surface area contributed by atoms with Gasteiger partial charge < -0.3 is 9.80 Å². The van der Waals surface area contributed by atoms with E-state index in [0.29, 0.717) is 0 Å². The Hall–Kier alpha value is -0.443. The van der Waals surface area contributed by atoms with E-state index in [1.54, 1.807) is 5.70 Å². The molecule has 0 aromatic carbocycles. The lowest BCUT2D eigenvalue weighted by Gasteiger charge is -2.23. The minimum absolute atomic E-state index is 1.29. The Morgan fingerprint density at radius 3 is 2.14 bits per heavy atom. The van der Waals surface area contributed by atoms with Crippen LogP contribution in [-0.2, 0) is 0 Å². The van der Waals surface area contributed by atoms with E-state index in [1.807, 2.05) is 0 Å². The van der Waals surface area contributed by atoms with E-state index in [0.717, 1.165) is 0 Å². The van der Waals surface area contributed by atoms with E-state index < -0.39 is 0 Å². The highest BCUT2D eigenvalue weighted by atomic mass is 28.1. The second kappa shape index (κ2) is 4.87. The van der Waals surface area contributed by atoms with Gasteiger partial charge in [0.05, 0.1) is 0 Å². The Bertz CT molecular complexity index is 203. The zero-order chi connectivity index (χ0) is 9.80. The Morgan fingerprint density at radius 2 is 1.57 bits per heavy atom. The highest BCUT2D eigenvalue weighted by Gasteiger charge is 2.15. The Kier molecular flexibility index (Phi) is 3.51. The van der Waals surface area contributed by atoms with E-state index in [4.69, 9.17) is 0 Å². The molecule has 0 amide bonds. The molecule has 0 aliphatic carbocycles. The monoisotopic (exact) mass is 210 g/mol. The third kappa shape index (κ3) is 2.32. The Balaban J connectivity index is 1.95. The molecule has 80 valence electrons. The van der Waals surface area contributed by atoms with Gasteiger partial charge in [-0.2, -0.15) is 0 Å². The van der Waals surface area contributed by atoms with Crippen molar-refractivity contribution in [1.82, 2.24) is 9.80 Å². The van der Waals surface area contributed by atoms with Crippen molar-refractivity contribution in [2.24, 2.45) is 0 Å². The number of rotatable bonds is 3. The van der Waals surface area contributed by atoms with E-state index in [9.17, 15) is 0 Å². The van der Waals surface area contributed by atoms with Gasteiger partial charge in [0.15, 0.2) is 0 Å². The highest BCUT2D eigenvalue weighted by molar-refractivity contribution is 6.10. The topological polar surface area (TPSA) is 6.48 Å². The van der Waals surface area contributed by atoms with Crippen molar-refractivity contribution in [3.63, 3.8) is 0 Å². The van der Waals surface area contributed by atoms with Crippen molar-refractivity contribution >= 4 is 10.2 Å². The van der Waals surface area contributed by atoms with Gasteiger partial charge in [-0.15, -0.1) is 0 Å². The number of hydrogen-bond donors (Lipinski definition) is 0. The summed E-state index contributed by atoms with van der Waals surface area (Å²) in [6.45, 7) is 5.20. The smallest absolute Gasteiger partial charge is 0.0258 e. The zero-order valence-electron chi connectivity index (χ0n) is 9.34. The quantitative estimate of drug-likeness (QED) is 0.636. The maximum absolute atomic E-state index is 2.60. The molecule has 2 fully saturated rings. The van der Waals surface area contributed by atoms with Gasteiger partial charge in [0.25, 0.3) is 0 Å². The van der Waals surface area contributed by atoms with Crippen molar-refractivity contribution in [2.45, 2.75) is 31.7 Å². The molecule has 2 aliphatic heterocycles. The number of likely N-dealkylation sites (tertiary alicyclic amines) is 2. The summed E-state index contributed by atoms with van der Waals surface area (Å²) in [6, 6.07) is 1.33. The summed E-state index contributed by atoms with van der Waals surface area (Å²) in [7, 11) is 1.30. The van der Waals surface area contributed by atoms with Crippen LogP contribution in [0.4, 0.5) is 0 Å². The van der Waals surface area contributed by atoms with E-state index in [1.165, 1.54) is 68.1 Å². The first-order chi connectivity index (χ1) is 6.90. The molecule has 2 rings (SSSR count). The summed E-state index contributed by atoms with van der Waals surface area (Å²) in [6.07, 6.45) is 8.04. The lowest BCUT2D eigenvalue weighted by molar-refractivity contribution is 0.392. The zero-order valence-corrected chi connectivity index (χ0v) is 11.3. The third-order valence-electron chi connectivity index (χ3n) is 3.35. The van der Waals surface area contributed by atoms with E-state index in [-0.39, 0.29) is 0 Å². The third-order valence-corrected chi connectivity index (χ3v) is 4.07. The molecule has 0 spiro atoms. The molecule has 0 N–H and O–H groups in total. The minimum Gasteiger partial charge on any atom is -0.376 e. The van der Waals surface area contributed by atoms with Gasteiger partial charge in [-0.3, -0.25) is 0 Å². The van der Waals surface area contributed by atoms with Crippen LogP contribution in [0.1, 0.15) is 25.7 Å². The molecule has 2 nitrogen and oxygen atoms in total. The molecule has 14 heavy (non-hydrogen) atoms. The molecule has 0 saturated carbocycles. The van der Waals surface area contributed by atoms with Crippen molar-refractivity contribution in [1.29, 1.82) is 0 Å². The maximum Gasteiger partial charge on any atom is 0.0258 e. The molecule has 2 saturated heterocycles. The molecule has 0 radical (unpaired) electrons. The second-order valence-corrected chi connectivity index (χ2v) is 5.12. The van der Waals surface area contributed by atoms with Gasteiger partial charge in [-0.05, 0) is 31.7 Å². The molecule has 2 heterocycles. The molecule has 0 aromatic heterocycles. The second-order valence-electron chi connectivity index (χ2n) is 4.41. The largest absolute Gasteiger partial charge is 0.376 e. The normalized spacial score (nSPS) is 23.9. The number of nitrogens with zero attached hydrogens (tertiary/aromatic N) is 2. The molecule has 2 aliphatic rings. The summed E-state index contributed by atoms with van der Waals surface area (Å²) >= 11 is 0. The number of allylic oxidation sites excluding steroid dienone is 1. The summed E-state index contributed by atoms with van der Waals surface area (Å²) in [5, 5.41) is 0. The molecule has 3 heteroatoms. The maximum atomic E-state index is 2.60. The van der Waals surface area contributed by atoms with Crippen LogP contribution in [0.2, 0.25) is 6.04 Å². The summed E-state index contributed by atoms with van der Waals surface area (Å²) in [5.41, 5.74) is 1.62. The van der Waals surface area contributed by atoms with Crippen molar-refractivity contribution in [3.05, 3.63) is 11.9 Å². The molecular weight excluding hydrogens is 188 g/mol. The standard InChI is InChI=1S/C11H22N2Si/c14-10-11(13-7-3-4-8-13)9-12-5-1-2-6-12/h9H,1-8,10H2,14H3. The van der Waals surface area contributed by atoms with Gasteiger partial charge >= 0.3 is 0 Å². The van der Waals surface area contributed by atoms with Crippen LogP contribution < -0.4 is 0 Å². The lowest BCUT2D eigenvalue weighted by Crippen LogP contribution is -2.22. The Morgan fingerprint density at radius 1 is 1.00 bits per heavy atom. The van der Waals surface area contributed by atoms with Crippen LogP contribution >= 0.6 is 0 Å². The highest BCUT2D eigenvalue weighted by Crippen LogP contribution is 2.19. The number of hydrogen-bond acceptors (Lipinski definition) is 2. The van der Waals surface area contributed by atoms with Crippen LogP contribution in [0, 0.1) is 0 Å². The minimum atomic E-state index is 1.29. The summed E-state index contributed by atoms with van der Waals surface area (Å²) in [5.74, 6) is 0. The fourth-order valence-electron chi connectivity index (χ4n) is 2.48. The first-order valence-electron chi connectivity index (χ1n) is 6.10. The molecular formula is C11H22N2Si. The van der Waals surface area contributed by atoms with Crippen molar-refractivity contribution < 1.29 is 0 Å². The van der Waals surface area contributed by atoms with Gasteiger partial charge in [-0.25, -0.2) is 0 Å². The van der Waals surface area contributed by atoms with E-state index in [2.05, 4.69) is 16.0 Å². The van der Waals surface area contributed by atoms with Crippen molar-refractivity contribution in [2.75, 3.05) is 26.2 Å². The van der Waals surface area contributed by atoms with Crippen molar-refractivity contribution in [3.8, 4) is 0 Å². The van der Waals surface area contributed by atoms with Gasteiger partial charge in [0.1, 0.15) is 0 Å². The van der Waals surface area contributed by atoms with Gasteiger partial charge in [0, 0.05) is 48.3 Å². The first-order valence-corrected chi connectivity index (χ1v) is 7.51. The average Bonchev–Trinajstić information content (AvgIpc) is 2.86. The predicted octanol–water partition coefficient (Wildman–Crippen LogP) is 0.803. The fourth-order valence-corrected chi connectivity index (χ4v) is 3.11. The molecule has 0 bridgehead atoms. The van der Waals surface area contributed by atoms with Crippen LogP contribution in [0.15, 0.2) is 11.9 Å². The van der Waals surface area contributed by atoms with E-state index >= 15 is 0 Å². The van der Waals surface area contributed by atoms with Gasteiger partial charge in [0.2, 0.25) is 0 Å². The van der Waals surface area contributed by atoms with Crippen LogP contribution in [-0.4, -0.2) is 46.2 Å². The molecule has 0 unspecified atom stereocenters. The predicted molar refractivity (Wildman–Crippen MR) is 64.4 cm³/mol. The Labute approximate surface area is 90.4 Å². The summed E-state index contributed by atoms with van der Waals surface area (Å²) in [4.78, 5) is 5.12. The van der Waals surface area contributed by atoms with Crippen LogP contribution in [0.3, 0.4) is 0 Å². The molecule has 0 aromatic rings. The lowest BCUT2D eigenvalue weighted by atomic mass is 10.4. The summed E-state index contributed by atoms with van der Waals surface area (Å²) < 4.78 is 0. The SMILES string of the molecule is [SiH3]CC(=CN1CCCC1)N1CCCC1. The van der Waals surface area contributed by atoms with Gasteiger partial charge in [-0.1, -0.05) is 0 Å².